The van der Waals surface area contributed by atoms with Gasteiger partial charge in [-0.05, 0) is 55.5 Å². The Bertz CT molecular complexity index is 990. The van der Waals surface area contributed by atoms with E-state index < -0.39 is 6.04 Å². The summed E-state index contributed by atoms with van der Waals surface area (Å²) in [5, 5.41) is 14.1. The molecule has 3 aromatic rings. The van der Waals surface area contributed by atoms with Crippen LogP contribution in [0.2, 0.25) is 0 Å². The van der Waals surface area contributed by atoms with Crippen LogP contribution in [0.3, 0.4) is 0 Å². The largest absolute Gasteiger partial charge is 0.324 e. The first-order chi connectivity index (χ1) is 12.6. The molecule has 1 unspecified atom stereocenters. The molecule has 2 heterocycles. The van der Waals surface area contributed by atoms with E-state index in [1.54, 1.807) is 19.2 Å². The molecule has 1 aliphatic carbocycles. The zero-order chi connectivity index (χ0) is 18.1. The number of aromatic amines is 1. The summed E-state index contributed by atoms with van der Waals surface area (Å²) in [6, 6.07) is 10.2. The number of aryl methyl sites for hydroxylation is 2. The number of fused-ring (bicyclic) bond motifs is 1. The summed E-state index contributed by atoms with van der Waals surface area (Å²) in [7, 11) is 0. The van der Waals surface area contributed by atoms with Gasteiger partial charge in [0.1, 0.15) is 6.04 Å². The Morgan fingerprint density at radius 2 is 2.04 bits per heavy atom. The highest BCUT2D eigenvalue weighted by atomic mass is 16.2. The number of nitrogens with one attached hydrogen (secondary N) is 2. The van der Waals surface area contributed by atoms with Crippen molar-refractivity contribution in [2.75, 3.05) is 5.32 Å². The van der Waals surface area contributed by atoms with E-state index in [-0.39, 0.29) is 11.5 Å². The first-order valence-corrected chi connectivity index (χ1v) is 8.64. The zero-order valence-electron chi connectivity index (χ0n) is 14.4. The summed E-state index contributed by atoms with van der Waals surface area (Å²) in [5.74, 6) is -0.271. The van der Waals surface area contributed by atoms with E-state index >= 15 is 0 Å². The normalized spacial score (nSPS) is 14.0. The number of aromatic nitrogens is 4. The zero-order valence-corrected chi connectivity index (χ0v) is 14.4. The van der Waals surface area contributed by atoms with Crippen LogP contribution in [0, 0.1) is 0 Å². The molecule has 0 saturated heterocycles. The highest BCUT2D eigenvalue weighted by molar-refractivity contribution is 5.93. The van der Waals surface area contributed by atoms with Crippen LogP contribution >= 0.6 is 0 Å². The first-order valence-electron chi connectivity index (χ1n) is 8.64. The van der Waals surface area contributed by atoms with Crippen molar-refractivity contribution in [3.63, 3.8) is 0 Å². The lowest BCUT2D eigenvalue weighted by Gasteiger charge is -2.15. The van der Waals surface area contributed by atoms with Gasteiger partial charge in [0.2, 0.25) is 5.91 Å². The van der Waals surface area contributed by atoms with Gasteiger partial charge in [0, 0.05) is 18.0 Å². The topological polar surface area (TPSA) is 92.7 Å². The van der Waals surface area contributed by atoms with Gasteiger partial charge in [0.05, 0.1) is 11.4 Å². The lowest BCUT2D eigenvalue weighted by Crippen LogP contribution is -2.33. The molecule has 26 heavy (non-hydrogen) atoms. The Kier molecular flexibility index (Phi) is 4.12. The Hall–Kier alpha value is -3.22. The molecule has 0 saturated carbocycles. The second kappa shape index (κ2) is 6.59. The maximum atomic E-state index is 12.6. The molecule has 2 N–H and O–H groups in total. The van der Waals surface area contributed by atoms with Crippen molar-refractivity contribution in [2.45, 2.75) is 32.2 Å². The van der Waals surface area contributed by atoms with E-state index in [2.05, 4.69) is 20.6 Å². The van der Waals surface area contributed by atoms with Crippen LogP contribution in [-0.4, -0.2) is 25.9 Å². The van der Waals surface area contributed by atoms with E-state index in [1.165, 1.54) is 4.68 Å². The van der Waals surface area contributed by atoms with Gasteiger partial charge in [-0.3, -0.25) is 14.7 Å². The van der Waals surface area contributed by atoms with Gasteiger partial charge in [-0.25, -0.2) is 4.68 Å². The third-order valence-corrected chi connectivity index (χ3v) is 4.69. The van der Waals surface area contributed by atoms with Gasteiger partial charge in [0.15, 0.2) is 0 Å². The molecular formula is C19H19N5O2. The predicted molar refractivity (Wildman–Crippen MR) is 97.9 cm³/mol. The minimum absolute atomic E-state index is 0.233. The number of H-pyrrole nitrogens is 1. The Labute approximate surface area is 150 Å². The summed E-state index contributed by atoms with van der Waals surface area (Å²) in [4.78, 5) is 24.8. The maximum absolute atomic E-state index is 12.6. The van der Waals surface area contributed by atoms with E-state index in [1.807, 2.05) is 30.3 Å². The van der Waals surface area contributed by atoms with Gasteiger partial charge in [-0.2, -0.15) is 10.2 Å². The van der Waals surface area contributed by atoms with Crippen molar-refractivity contribution in [1.29, 1.82) is 0 Å². The minimum atomic E-state index is -0.680. The SMILES string of the molecule is CC(C(=O)Nc1ccc(-c2ccn[nH]2)cc1)n1nc2c(cc1=O)CCC2. The van der Waals surface area contributed by atoms with Crippen LogP contribution < -0.4 is 10.9 Å². The maximum Gasteiger partial charge on any atom is 0.267 e. The Morgan fingerprint density at radius 1 is 1.23 bits per heavy atom. The average Bonchev–Trinajstić information content (AvgIpc) is 3.32. The lowest BCUT2D eigenvalue weighted by molar-refractivity contribution is -0.119. The predicted octanol–water partition coefficient (Wildman–Crippen LogP) is 2.32. The average molecular weight is 349 g/mol. The van der Waals surface area contributed by atoms with Crippen LogP contribution in [0.4, 0.5) is 5.69 Å². The molecule has 0 aliphatic heterocycles. The molecule has 0 bridgehead atoms. The number of carbonyl (C=O) groups excluding carboxylic acids is 1. The fourth-order valence-corrected chi connectivity index (χ4v) is 3.20. The van der Waals surface area contributed by atoms with Crippen molar-refractivity contribution in [2.24, 2.45) is 0 Å². The van der Waals surface area contributed by atoms with Crippen molar-refractivity contribution in [3.8, 4) is 11.3 Å². The molecule has 2 aromatic heterocycles. The monoisotopic (exact) mass is 349 g/mol. The molecule has 1 atom stereocenters. The van der Waals surface area contributed by atoms with Gasteiger partial charge in [0.25, 0.3) is 5.56 Å². The van der Waals surface area contributed by atoms with Crippen LogP contribution in [0.15, 0.2) is 47.4 Å². The number of anilines is 1. The highest BCUT2D eigenvalue weighted by Crippen LogP contribution is 2.20. The second-order valence-electron chi connectivity index (χ2n) is 6.47. The van der Waals surface area contributed by atoms with Crippen LogP contribution in [0.25, 0.3) is 11.3 Å². The quantitative estimate of drug-likeness (QED) is 0.756. The third kappa shape index (κ3) is 3.03. The summed E-state index contributed by atoms with van der Waals surface area (Å²) >= 11 is 0. The van der Waals surface area contributed by atoms with Crippen LogP contribution in [0.5, 0.6) is 0 Å². The van der Waals surface area contributed by atoms with Gasteiger partial charge >= 0.3 is 0 Å². The first kappa shape index (κ1) is 16.3. The number of hydrogen-bond acceptors (Lipinski definition) is 4. The molecule has 4 rings (SSSR count). The third-order valence-electron chi connectivity index (χ3n) is 4.69. The fourth-order valence-electron chi connectivity index (χ4n) is 3.20. The number of hydrogen-bond donors (Lipinski definition) is 2. The molecule has 0 radical (unpaired) electrons. The van der Waals surface area contributed by atoms with E-state index in [4.69, 9.17) is 0 Å². The molecule has 0 spiro atoms. The van der Waals surface area contributed by atoms with Crippen molar-refractivity contribution >= 4 is 11.6 Å². The summed E-state index contributed by atoms with van der Waals surface area (Å²) in [6.07, 6.45) is 4.45. The van der Waals surface area contributed by atoms with E-state index in [0.717, 1.165) is 41.8 Å². The van der Waals surface area contributed by atoms with E-state index in [0.29, 0.717) is 5.69 Å². The number of nitrogens with zero attached hydrogens (tertiary/aromatic N) is 3. The number of benzene rings is 1. The summed E-state index contributed by atoms with van der Waals surface area (Å²) in [6.45, 7) is 1.68. The standard InChI is InChI=1S/C19H19N5O2/c1-12(24-18(25)11-14-3-2-4-17(14)23-24)19(26)21-15-7-5-13(6-8-15)16-9-10-20-22-16/h5-12H,2-4H2,1H3,(H,20,22)(H,21,26). The van der Waals surface area contributed by atoms with Crippen LogP contribution in [0.1, 0.15) is 30.6 Å². The summed E-state index contributed by atoms with van der Waals surface area (Å²) < 4.78 is 1.28. The van der Waals surface area contributed by atoms with Gasteiger partial charge in [-0.1, -0.05) is 12.1 Å². The van der Waals surface area contributed by atoms with Crippen molar-refractivity contribution in [3.05, 3.63) is 64.2 Å². The van der Waals surface area contributed by atoms with Crippen LogP contribution in [-0.2, 0) is 17.6 Å². The minimum Gasteiger partial charge on any atom is -0.324 e. The Morgan fingerprint density at radius 3 is 2.77 bits per heavy atom. The number of amides is 1. The molecule has 7 heteroatoms. The van der Waals surface area contributed by atoms with E-state index in [9.17, 15) is 9.59 Å². The second-order valence-corrected chi connectivity index (χ2v) is 6.47. The van der Waals surface area contributed by atoms with Crippen molar-refractivity contribution < 1.29 is 4.79 Å². The molecular weight excluding hydrogens is 330 g/mol. The summed E-state index contributed by atoms with van der Waals surface area (Å²) in [5.41, 5.74) is 4.25. The highest BCUT2D eigenvalue weighted by Gasteiger charge is 2.21. The van der Waals surface area contributed by atoms with Gasteiger partial charge in [-0.15, -0.1) is 0 Å². The molecule has 1 aliphatic rings. The molecule has 132 valence electrons. The fraction of sp³-hybridized carbons (Fsp3) is 0.263. The number of carbonyl (C=O) groups is 1. The molecule has 0 fully saturated rings. The van der Waals surface area contributed by atoms with Crippen molar-refractivity contribution in [1.82, 2.24) is 20.0 Å². The van der Waals surface area contributed by atoms with Gasteiger partial charge < -0.3 is 5.32 Å². The Balaban J connectivity index is 1.50. The lowest BCUT2D eigenvalue weighted by atomic mass is 10.1. The smallest absolute Gasteiger partial charge is 0.267 e. The molecule has 1 aromatic carbocycles. The molecule has 7 nitrogen and oxygen atoms in total. The molecule has 1 amide bonds. The number of rotatable bonds is 4.